The number of carbonyl (C=O) groups is 1. The SMILES string of the molecule is Cc1cc(-c2cc(C(=O)Oc3ccc(F)cc3)cc3ccccc23)cc(C)c1O. The fraction of sp³-hybridized carbons (Fsp3) is 0.0800. The quantitative estimate of drug-likeness (QED) is 0.337. The van der Waals surface area contributed by atoms with Gasteiger partial charge in [0, 0.05) is 0 Å². The van der Waals surface area contributed by atoms with E-state index in [1.165, 1.54) is 24.3 Å². The van der Waals surface area contributed by atoms with Gasteiger partial charge in [0.1, 0.15) is 17.3 Å². The highest BCUT2D eigenvalue weighted by molar-refractivity contribution is 6.03. The second-order valence-corrected chi connectivity index (χ2v) is 7.05. The van der Waals surface area contributed by atoms with E-state index in [2.05, 4.69) is 0 Å². The molecule has 0 bridgehead atoms. The largest absolute Gasteiger partial charge is 0.507 e. The minimum atomic E-state index is -0.518. The van der Waals surface area contributed by atoms with E-state index in [9.17, 15) is 14.3 Å². The molecule has 0 radical (unpaired) electrons. The molecule has 0 amide bonds. The molecule has 0 unspecified atom stereocenters. The number of phenols is 1. The molecule has 3 nitrogen and oxygen atoms in total. The number of ether oxygens (including phenoxy) is 1. The van der Waals surface area contributed by atoms with E-state index in [1.807, 2.05) is 50.2 Å². The number of phenolic OH excluding ortho intramolecular Hbond substituents is 1. The van der Waals surface area contributed by atoms with E-state index in [0.717, 1.165) is 33.0 Å². The topological polar surface area (TPSA) is 46.5 Å². The molecule has 4 rings (SSSR count). The van der Waals surface area contributed by atoms with Gasteiger partial charge in [0.15, 0.2) is 0 Å². The highest BCUT2D eigenvalue weighted by Gasteiger charge is 2.15. The van der Waals surface area contributed by atoms with Crippen molar-refractivity contribution >= 4 is 16.7 Å². The predicted molar refractivity (Wildman–Crippen MR) is 112 cm³/mol. The van der Waals surface area contributed by atoms with Crippen molar-refractivity contribution < 1.29 is 19.0 Å². The van der Waals surface area contributed by atoms with Crippen LogP contribution < -0.4 is 4.74 Å². The Bertz CT molecular complexity index is 1200. The zero-order valence-corrected chi connectivity index (χ0v) is 16.1. The third kappa shape index (κ3) is 3.69. The number of aryl methyl sites for hydroxylation is 2. The summed E-state index contributed by atoms with van der Waals surface area (Å²) in [5, 5.41) is 12.0. The number of esters is 1. The van der Waals surface area contributed by atoms with E-state index in [1.54, 1.807) is 12.1 Å². The zero-order valence-electron chi connectivity index (χ0n) is 16.1. The Morgan fingerprint density at radius 1 is 0.897 bits per heavy atom. The first-order chi connectivity index (χ1) is 13.9. The molecule has 4 aromatic rings. The smallest absolute Gasteiger partial charge is 0.343 e. The molecule has 4 aromatic carbocycles. The molecule has 0 saturated heterocycles. The average Bonchev–Trinajstić information content (AvgIpc) is 2.72. The number of halogens is 1. The lowest BCUT2D eigenvalue weighted by Crippen LogP contribution is -2.09. The molecular weight excluding hydrogens is 367 g/mol. The van der Waals surface area contributed by atoms with E-state index in [4.69, 9.17) is 4.74 Å². The molecule has 4 heteroatoms. The van der Waals surface area contributed by atoms with Crippen LogP contribution in [0.5, 0.6) is 11.5 Å². The van der Waals surface area contributed by atoms with Crippen molar-refractivity contribution in [3.63, 3.8) is 0 Å². The number of hydrogen-bond acceptors (Lipinski definition) is 3. The third-order valence-corrected chi connectivity index (χ3v) is 4.92. The van der Waals surface area contributed by atoms with Crippen molar-refractivity contribution in [2.75, 3.05) is 0 Å². The van der Waals surface area contributed by atoms with Crippen molar-refractivity contribution in [3.8, 4) is 22.6 Å². The molecule has 0 fully saturated rings. The Labute approximate surface area is 168 Å². The van der Waals surface area contributed by atoms with Gasteiger partial charge in [-0.25, -0.2) is 9.18 Å². The number of aromatic hydroxyl groups is 1. The summed E-state index contributed by atoms with van der Waals surface area (Å²) in [6.07, 6.45) is 0. The second kappa shape index (κ2) is 7.40. The summed E-state index contributed by atoms with van der Waals surface area (Å²) in [6.45, 7) is 3.70. The monoisotopic (exact) mass is 386 g/mol. The number of benzene rings is 4. The van der Waals surface area contributed by atoms with Gasteiger partial charge in [-0.2, -0.15) is 0 Å². The van der Waals surface area contributed by atoms with Gasteiger partial charge in [-0.1, -0.05) is 24.3 Å². The van der Waals surface area contributed by atoms with Gasteiger partial charge in [0.05, 0.1) is 5.56 Å². The highest BCUT2D eigenvalue weighted by Crippen LogP contribution is 2.34. The van der Waals surface area contributed by atoms with Gasteiger partial charge < -0.3 is 9.84 Å². The number of rotatable bonds is 3. The predicted octanol–water partition coefficient (Wildman–Crippen LogP) is 6.19. The van der Waals surface area contributed by atoms with Gasteiger partial charge in [-0.15, -0.1) is 0 Å². The normalized spacial score (nSPS) is 10.9. The molecule has 0 saturated carbocycles. The molecule has 0 aliphatic heterocycles. The highest BCUT2D eigenvalue weighted by atomic mass is 19.1. The summed E-state index contributed by atoms with van der Waals surface area (Å²) >= 11 is 0. The molecule has 144 valence electrons. The Kier molecular flexibility index (Phi) is 4.77. The summed E-state index contributed by atoms with van der Waals surface area (Å²) in [6, 6.07) is 20.5. The molecule has 0 aliphatic carbocycles. The molecule has 1 N–H and O–H groups in total. The fourth-order valence-electron chi connectivity index (χ4n) is 3.45. The fourth-order valence-corrected chi connectivity index (χ4v) is 3.45. The minimum absolute atomic E-state index is 0.268. The van der Waals surface area contributed by atoms with Crippen molar-refractivity contribution in [3.05, 3.63) is 95.3 Å². The molecule has 0 atom stereocenters. The van der Waals surface area contributed by atoms with Crippen molar-refractivity contribution in [2.45, 2.75) is 13.8 Å². The second-order valence-electron chi connectivity index (χ2n) is 7.05. The first-order valence-electron chi connectivity index (χ1n) is 9.23. The van der Waals surface area contributed by atoms with E-state index in [0.29, 0.717) is 5.56 Å². The lowest BCUT2D eigenvalue weighted by molar-refractivity contribution is 0.0735. The maximum absolute atomic E-state index is 13.1. The van der Waals surface area contributed by atoms with Crippen molar-refractivity contribution in [1.29, 1.82) is 0 Å². The molecule has 0 spiro atoms. The Hall–Kier alpha value is -3.66. The summed E-state index contributed by atoms with van der Waals surface area (Å²) in [5.74, 6) is -0.362. The van der Waals surface area contributed by atoms with Crippen LogP contribution in [0.1, 0.15) is 21.5 Å². The summed E-state index contributed by atoms with van der Waals surface area (Å²) < 4.78 is 18.5. The average molecular weight is 386 g/mol. The van der Waals surface area contributed by atoms with E-state index >= 15 is 0 Å². The lowest BCUT2D eigenvalue weighted by atomic mass is 9.93. The number of fused-ring (bicyclic) bond motifs is 1. The summed E-state index contributed by atoms with van der Waals surface area (Å²) in [4.78, 5) is 12.8. The Morgan fingerprint density at radius 2 is 1.55 bits per heavy atom. The van der Waals surface area contributed by atoms with Crippen molar-refractivity contribution in [1.82, 2.24) is 0 Å². The van der Waals surface area contributed by atoms with Crippen LogP contribution in [0.4, 0.5) is 4.39 Å². The Balaban J connectivity index is 1.82. The minimum Gasteiger partial charge on any atom is -0.507 e. The molecular formula is C25H19FO3. The number of carbonyl (C=O) groups excluding carboxylic acids is 1. The zero-order chi connectivity index (χ0) is 20.5. The van der Waals surface area contributed by atoms with Crippen LogP contribution in [-0.4, -0.2) is 11.1 Å². The van der Waals surface area contributed by atoms with Crippen LogP contribution in [0, 0.1) is 19.7 Å². The van der Waals surface area contributed by atoms with Gasteiger partial charge in [-0.3, -0.25) is 0 Å². The molecule has 29 heavy (non-hydrogen) atoms. The first-order valence-corrected chi connectivity index (χ1v) is 9.23. The van der Waals surface area contributed by atoms with Gasteiger partial charge in [0.2, 0.25) is 0 Å². The molecule has 0 aromatic heterocycles. The van der Waals surface area contributed by atoms with Crippen LogP contribution >= 0.6 is 0 Å². The van der Waals surface area contributed by atoms with Crippen LogP contribution in [0.2, 0.25) is 0 Å². The molecule has 0 aliphatic rings. The van der Waals surface area contributed by atoms with E-state index < -0.39 is 11.8 Å². The standard InChI is InChI=1S/C25H19FO3/c1-15-11-18(12-16(2)24(15)27)23-14-19(13-17-5-3-4-6-22(17)23)25(28)29-21-9-7-20(26)8-10-21/h3-14,27H,1-2H3. The number of hydrogen-bond donors (Lipinski definition) is 1. The first kappa shape index (κ1) is 18.7. The van der Waals surface area contributed by atoms with Crippen LogP contribution in [0.3, 0.4) is 0 Å². The van der Waals surface area contributed by atoms with Gasteiger partial charge in [-0.05, 0) is 95.4 Å². The van der Waals surface area contributed by atoms with E-state index in [-0.39, 0.29) is 11.5 Å². The summed E-state index contributed by atoms with van der Waals surface area (Å²) in [7, 11) is 0. The maximum Gasteiger partial charge on any atom is 0.343 e. The van der Waals surface area contributed by atoms with Gasteiger partial charge >= 0.3 is 5.97 Å². The van der Waals surface area contributed by atoms with Crippen molar-refractivity contribution in [2.24, 2.45) is 0 Å². The lowest BCUT2D eigenvalue weighted by Gasteiger charge is -2.13. The third-order valence-electron chi connectivity index (χ3n) is 4.92. The molecule has 0 heterocycles. The van der Waals surface area contributed by atoms with Crippen LogP contribution in [-0.2, 0) is 0 Å². The maximum atomic E-state index is 13.1. The summed E-state index contributed by atoms with van der Waals surface area (Å²) in [5.41, 5.74) is 3.71. The Morgan fingerprint density at radius 3 is 2.24 bits per heavy atom. The van der Waals surface area contributed by atoms with Gasteiger partial charge in [0.25, 0.3) is 0 Å². The van der Waals surface area contributed by atoms with Crippen LogP contribution in [0.15, 0.2) is 72.8 Å². The van der Waals surface area contributed by atoms with Crippen LogP contribution in [0.25, 0.3) is 21.9 Å².